The van der Waals surface area contributed by atoms with Gasteiger partial charge in [0, 0.05) is 63.4 Å². The van der Waals surface area contributed by atoms with Crippen molar-refractivity contribution in [1.82, 2.24) is 20.3 Å². The molecule has 12 nitrogen and oxygen atoms in total. The molecule has 3 fully saturated rings. The number of piperazine rings is 1. The number of anilines is 3. The third kappa shape index (κ3) is 4.66. The van der Waals surface area contributed by atoms with Crippen molar-refractivity contribution in [3.63, 3.8) is 0 Å². The Labute approximate surface area is 170 Å². The van der Waals surface area contributed by atoms with Gasteiger partial charge in [-0.15, -0.1) is 0 Å². The molecular weight excluding hydrogens is 374 g/mol. The largest absolute Gasteiger partial charge is 0.353 e. The van der Waals surface area contributed by atoms with Crippen LogP contribution in [0.5, 0.6) is 0 Å². The van der Waals surface area contributed by atoms with Crippen LogP contribution in [0, 0.1) is 0 Å². The molecule has 0 unspecified atom stereocenters. The molecule has 1 amide bonds. The molecule has 1 aromatic heterocycles. The van der Waals surface area contributed by atoms with E-state index in [2.05, 4.69) is 15.3 Å². The molecular formula is C17H31N11O. The molecule has 3 aliphatic rings. The van der Waals surface area contributed by atoms with Gasteiger partial charge < -0.3 is 43.0 Å². The van der Waals surface area contributed by atoms with Crippen LogP contribution >= 0.6 is 0 Å². The molecule has 29 heavy (non-hydrogen) atoms. The zero-order chi connectivity index (χ0) is 20.5. The lowest BCUT2D eigenvalue weighted by atomic mass is 10.0. The Kier molecular flexibility index (Phi) is 5.67. The first-order chi connectivity index (χ1) is 13.9. The summed E-state index contributed by atoms with van der Waals surface area (Å²) in [6.45, 7) is 3.88. The minimum Gasteiger partial charge on any atom is -0.353 e. The van der Waals surface area contributed by atoms with Crippen LogP contribution in [0.15, 0.2) is 0 Å². The summed E-state index contributed by atoms with van der Waals surface area (Å²) < 4.78 is 0. The average Bonchev–Trinajstić information content (AvgIpc) is 2.66. The lowest BCUT2D eigenvalue weighted by Gasteiger charge is -2.37. The summed E-state index contributed by atoms with van der Waals surface area (Å²) >= 11 is 0. The van der Waals surface area contributed by atoms with Crippen molar-refractivity contribution in [2.45, 2.75) is 37.0 Å². The second-order valence-electron chi connectivity index (χ2n) is 8.33. The lowest BCUT2D eigenvalue weighted by Crippen LogP contribution is -2.54. The quantitative estimate of drug-likeness (QED) is 0.337. The Bertz CT molecular complexity index is 682. The van der Waals surface area contributed by atoms with Gasteiger partial charge in [-0.1, -0.05) is 0 Å². The van der Waals surface area contributed by atoms with Crippen molar-refractivity contribution in [3.05, 3.63) is 0 Å². The van der Waals surface area contributed by atoms with Crippen LogP contribution in [0.3, 0.4) is 0 Å². The fourth-order valence-electron chi connectivity index (χ4n) is 4.26. The van der Waals surface area contributed by atoms with E-state index in [1.54, 1.807) is 0 Å². The highest BCUT2D eigenvalue weighted by molar-refractivity contribution is 5.82. The number of carbonyl (C=O) groups excluding carboxylic acids is 1. The summed E-state index contributed by atoms with van der Waals surface area (Å²) in [5, 5.41) is 2.82. The Morgan fingerprint density at radius 3 is 1.55 bits per heavy atom. The third-order valence-corrected chi connectivity index (χ3v) is 5.52. The van der Waals surface area contributed by atoms with Gasteiger partial charge in [0.1, 0.15) is 0 Å². The van der Waals surface area contributed by atoms with Gasteiger partial charge in [-0.3, -0.25) is 4.79 Å². The maximum absolute atomic E-state index is 11.9. The number of amides is 1. The maximum Gasteiger partial charge on any atom is 0.239 e. The summed E-state index contributed by atoms with van der Waals surface area (Å²) in [4.78, 5) is 31.8. The highest BCUT2D eigenvalue weighted by Crippen LogP contribution is 2.23. The first-order valence-corrected chi connectivity index (χ1v) is 10.2. The lowest BCUT2D eigenvalue weighted by molar-refractivity contribution is -0.120. The smallest absolute Gasteiger partial charge is 0.239 e. The van der Waals surface area contributed by atoms with Crippen LogP contribution in [-0.2, 0) is 4.79 Å². The molecule has 0 aliphatic carbocycles. The maximum atomic E-state index is 11.9. The predicted octanol–water partition coefficient (Wildman–Crippen LogP) is -3.46. The normalized spacial score (nSPS) is 31.0. The molecule has 4 rings (SSSR count). The van der Waals surface area contributed by atoms with Gasteiger partial charge in [0.2, 0.25) is 23.8 Å². The molecule has 1 aromatic rings. The number of rotatable bonds is 3. The number of piperidine rings is 2. The molecule has 3 saturated heterocycles. The molecule has 0 bridgehead atoms. The zero-order valence-corrected chi connectivity index (χ0v) is 16.6. The molecule has 4 heterocycles. The number of nitrogens with one attached hydrogen (secondary N) is 1. The molecule has 0 radical (unpaired) electrons. The summed E-state index contributed by atoms with van der Waals surface area (Å²) in [5.41, 5.74) is 24.7. The highest BCUT2D eigenvalue weighted by atomic mass is 16.2. The van der Waals surface area contributed by atoms with Crippen LogP contribution in [0.4, 0.5) is 17.8 Å². The number of hydrogen-bond acceptors (Lipinski definition) is 11. The van der Waals surface area contributed by atoms with E-state index in [1.807, 2.05) is 14.7 Å². The minimum atomic E-state index is -0.0520. The molecule has 4 atom stereocenters. The topological polar surface area (TPSA) is 182 Å². The monoisotopic (exact) mass is 405 g/mol. The fraction of sp³-hybridized carbons (Fsp3) is 0.765. The number of nitrogens with two attached hydrogens (primary N) is 4. The van der Waals surface area contributed by atoms with Gasteiger partial charge in [0.05, 0.1) is 6.54 Å². The molecule has 3 aliphatic heterocycles. The molecule has 160 valence electrons. The minimum absolute atomic E-state index is 0.0417. The first kappa shape index (κ1) is 20.0. The van der Waals surface area contributed by atoms with Gasteiger partial charge in [-0.2, -0.15) is 15.0 Å². The van der Waals surface area contributed by atoms with Crippen LogP contribution in [-0.4, -0.2) is 90.8 Å². The summed E-state index contributed by atoms with van der Waals surface area (Å²) in [6, 6.07) is -0.167. The van der Waals surface area contributed by atoms with Gasteiger partial charge in [-0.25, -0.2) is 0 Å². The van der Waals surface area contributed by atoms with Gasteiger partial charge in [0.25, 0.3) is 0 Å². The van der Waals surface area contributed by atoms with E-state index in [0.29, 0.717) is 57.1 Å². The van der Waals surface area contributed by atoms with Gasteiger partial charge in [-0.05, 0) is 12.8 Å². The van der Waals surface area contributed by atoms with Gasteiger partial charge >= 0.3 is 0 Å². The summed E-state index contributed by atoms with van der Waals surface area (Å²) in [6.07, 6.45) is 1.53. The van der Waals surface area contributed by atoms with E-state index in [4.69, 9.17) is 27.9 Å². The second kappa shape index (κ2) is 8.22. The first-order valence-electron chi connectivity index (χ1n) is 10.2. The van der Waals surface area contributed by atoms with Crippen molar-refractivity contribution >= 4 is 23.8 Å². The van der Waals surface area contributed by atoms with Crippen molar-refractivity contribution in [2.75, 3.05) is 60.5 Å². The Morgan fingerprint density at radius 2 is 1.14 bits per heavy atom. The highest BCUT2D eigenvalue weighted by Gasteiger charge is 2.30. The summed E-state index contributed by atoms with van der Waals surface area (Å²) in [7, 11) is 0. The standard InChI is InChI=1S/C17H31N11O/c18-10-3-11(19)6-27(5-10)16-23-15(26-2-1-22-14(29)9-26)24-17(25-16)28-7-12(20)4-13(21)8-28/h10-13H,1-9,18-21H2,(H,22,29)/t10-,11+,12-,13+. The molecule has 12 heteroatoms. The third-order valence-electron chi connectivity index (χ3n) is 5.52. The number of hydrogen-bond donors (Lipinski definition) is 5. The van der Waals surface area contributed by atoms with Crippen molar-refractivity contribution in [3.8, 4) is 0 Å². The zero-order valence-electron chi connectivity index (χ0n) is 16.6. The number of aromatic nitrogens is 3. The van der Waals surface area contributed by atoms with Crippen molar-refractivity contribution in [2.24, 2.45) is 22.9 Å². The van der Waals surface area contributed by atoms with Crippen LogP contribution in [0.1, 0.15) is 12.8 Å². The number of carbonyl (C=O) groups is 1. The summed E-state index contributed by atoms with van der Waals surface area (Å²) in [5.74, 6) is 1.47. The van der Waals surface area contributed by atoms with E-state index < -0.39 is 0 Å². The van der Waals surface area contributed by atoms with Gasteiger partial charge in [0.15, 0.2) is 0 Å². The second-order valence-corrected chi connectivity index (χ2v) is 8.33. The van der Waals surface area contributed by atoms with E-state index >= 15 is 0 Å². The Morgan fingerprint density at radius 1 is 0.724 bits per heavy atom. The number of nitrogens with zero attached hydrogens (tertiary/aromatic N) is 6. The fourth-order valence-corrected chi connectivity index (χ4v) is 4.26. The predicted molar refractivity (Wildman–Crippen MR) is 111 cm³/mol. The van der Waals surface area contributed by atoms with E-state index in [9.17, 15) is 4.79 Å². The molecule has 0 spiro atoms. The average molecular weight is 406 g/mol. The molecule has 9 N–H and O–H groups in total. The van der Waals surface area contributed by atoms with E-state index in [1.165, 1.54) is 0 Å². The Balaban J connectivity index is 1.68. The Hall–Kier alpha value is -2.28. The van der Waals surface area contributed by atoms with Crippen LogP contribution in [0.2, 0.25) is 0 Å². The molecule has 0 aromatic carbocycles. The van der Waals surface area contributed by atoms with Crippen LogP contribution < -0.4 is 43.0 Å². The van der Waals surface area contributed by atoms with E-state index in [-0.39, 0.29) is 36.6 Å². The SMILES string of the molecule is N[C@@H]1C[C@H](N)CN(c2nc(N3CCNC(=O)C3)nc(N3C[C@H](N)C[C@H](N)C3)n2)C1. The van der Waals surface area contributed by atoms with E-state index in [0.717, 1.165) is 12.8 Å². The van der Waals surface area contributed by atoms with Crippen molar-refractivity contribution in [1.29, 1.82) is 0 Å². The van der Waals surface area contributed by atoms with Crippen molar-refractivity contribution < 1.29 is 4.79 Å². The molecule has 0 saturated carbocycles. The van der Waals surface area contributed by atoms with Crippen LogP contribution in [0.25, 0.3) is 0 Å².